The standard InChI is InChI=1S/C22H25ClN8O3S/c1-12-5-4-6-15-16(12)21(34-14-7-9-31(10-8-14)35(3,32)33)29-18(27-15)13(2)26-19-17-20(25-11-24-19)30-22(23)28-17/h4-6,11,13-14H,7-10H2,1-3H3,(H2,24,25,26,28,30)/t13-/m0/s1. The Balaban J connectivity index is 1.44. The molecule has 1 saturated heterocycles. The van der Waals surface area contributed by atoms with Gasteiger partial charge in [0.2, 0.25) is 21.2 Å². The van der Waals surface area contributed by atoms with E-state index in [1.807, 2.05) is 32.0 Å². The van der Waals surface area contributed by atoms with Crippen LogP contribution in [0.15, 0.2) is 24.5 Å². The van der Waals surface area contributed by atoms with Crippen LogP contribution in [0.2, 0.25) is 5.28 Å². The van der Waals surface area contributed by atoms with E-state index in [0.29, 0.717) is 54.6 Å². The zero-order valence-corrected chi connectivity index (χ0v) is 21.1. The summed E-state index contributed by atoms with van der Waals surface area (Å²) in [6.45, 7) is 4.77. The van der Waals surface area contributed by atoms with E-state index in [4.69, 9.17) is 26.3 Å². The third-order valence-corrected chi connectivity index (χ3v) is 7.55. The largest absolute Gasteiger partial charge is 0.474 e. The van der Waals surface area contributed by atoms with Gasteiger partial charge in [-0.1, -0.05) is 12.1 Å². The van der Waals surface area contributed by atoms with E-state index in [1.165, 1.54) is 16.9 Å². The molecule has 0 saturated carbocycles. The van der Waals surface area contributed by atoms with Crippen molar-refractivity contribution >= 4 is 49.5 Å². The van der Waals surface area contributed by atoms with Gasteiger partial charge in [-0.3, -0.25) is 0 Å². The predicted molar refractivity (Wildman–Crippen MR) is 133 cm³/mol. The summed E-state index contributed by atoms with van der Waals surface area (Å²) < 4.78 is 31.6. The number of rotatable bonds is 6. The Morgan fingerprint density at radius 1 is 1.20 bits per heavy atom. The van der Waals surface area contributed by atoms with E-state index in [0.717, 1.165) is 16.5 Å². The third kappa shape index (κ3) is 4.86. The topological polar surface area (TPSA) is 139 Å². The van der Waals surface area contributed by atoms with Crippen molar-refractivity contribution in [2.75, 3.05) is 24.7 Å². The van der Waals surface area contributed by atoms with Crippen LogP contribution in [0.3, 0.4) is 0 Å². The highest BCUT2D eigenvalue weighted by Crippen LogP contribution is 2.31. The van der Waals surface area contributed by atoms with Crippen LogP contribution in [-0.4, -0.2) is 68.1 Å². The molecule has 4 aromatic rings. The number of hydrogen-bond acceptors (Lipinski definition) is 9. The molecule has 1 atom stereocenters. The van der Waals surface area contributed by atoms with Crippen molar-refractivity contribution < 1.29 is 13.2 Å². The molecule has 0 bridgehead atoms. The molecule has 1 aliphatic heterocycles. The number of imidazole rings is 1. The van der Waals surface area contributed by atoms with E-state index in [9.17, 15) is 8.42 Å². The number of aryl methyl sites for hydroxylation is 1. The van der Waals surface area contributed by atoms with Gasteiger partial charge in [0.05, 0.1) is 23.2 Å². The van der Waals surface area contributed by atoms with Crippen molar-refractivity contribution in [3.8, 4) is 5.88 Å². The second-order valence-electron chi connectivity index (χ2n) is 8.65. The fourth-order valence-corrected chi connectivity index (χ4v) is 5.28. The zero-order chi connectivity index (χ0) is 24.7. The van der Waals surface area contributed by atoms with Gasteiger partial charge in [0.1, 0.15) is 17.9 Å². The number of halogens is 1. The molecule has 35 heavy (non-hydrogen) atoms. The highest BCUT2D eigenvalue weighted by Gasteiger charge is 2.27. The number of hydrogen-bond donors (Lipinski definition) is 2. The maximum Gasteiger partial charge on any atom is 0.225 e. The number of aromatic amines is 1. The summed E-state index contributed by atoms with van der Waals surface area (Å²) >= 11 is 6.00. The fraction of sp³-hybridized carbons (Fsp3) is 0.409. The summed E-state index contributed by atoms with van der Waals surface area (Å²) in [5.41, 5.74) is 2.82. The Bertz CT molecular complexity index is 1500. The molecule has 1 aliphatic rings. The van der Waals surface area contributed by atoms with Crippen molar-refractivity contribution in [2.45, 2.75) is 38.8 Å². The number of fused-ring (bicyclic) bond motifs is 2. The molecule has 0 unspecified atom stereocenters. The van der Waals surface area contributed by atoms with Crippen LogP contribution in [0.4, 0.5) is 5.82 Å². The lowest BCUT2D eigenvalue weighted by molar-refractivity contribution is 0.131. The molecule has 13 heteroatoms. The molecule has 5 rings (SSSR count). The molecular weight excluding hydrogens is 492 g/mol. The van der Waals surface area contributed by atoms with Crippen molar-refractivity contribution in [1.29, 1.82) is 0 Å². The summed E-state index contributed by atoms with van der Waals surface area (Å²) in [5, 5.41) is 4.39. The molecule has 3 aromatic heterocycles. The average Bonchev–Trinajstić information content (AvgIpc) is 3.20. The van der Waals surface area contributed by atoms with Crippen LogP contribution in [0.1, 0.15) is 37.2 Å². The molecule has 4 heterocycles. The number of nitrogens with one attached hydrogen (secondary N) is 2. The maximum atomic E-state index is 11.9. The zero-order valence-electron chi connectivity index (χ0n) is 19.5. The first-order chi connectivity index (χ1) is 16.7. The van der Waals surface area contributed by atoms with Crippen LogP contribution < -0.4 is 10.1 Å². The second-order valence-corrected chi connectivity index (χ2v) is 11.0. The van der Waals surface area contributed by atoms with Gasteiger partial charge in [-0.2, -0.15) is 9.97 Å². The van der Waals surface area contributed by atoms with Crippen LogP contribution >= 0.6 is 11.6 Å². The number of aromatic nitrogens is 6. The number of piperidine rings is 1. The van der Waals surface area contributed by atoms with E-state index in [1.54, 1.807) is 0 Å². The normalized spacial score (nSPS) is 16.6. The van der Waals surface area contributed by atoms with Gasteiger partial charge in [-0.25, -0.2) is 27.7 Å². The molecule has 11 nitrogen and oxygen atoms in total. The van der Waals surface area contributed by atoms with Gasteiger partial charge in [-0.15, -0.1) is 0 Å². The van der Waals surface area contributed by atoms with Crippen LogP contribution in [0.25, 0.3) is 22.1 Å². The number of H-pyrrole nitrogens is 1. The van der Waals surface area contributed by atoms with E-state index >= 15 is 0 Å². The molecule has 184 valence electrons. The van der Waals surface area contributed by atoms with Crippen molar-refractivity contribution in [2.24, 2.45) is 0 Å². The monoisotopic (exact) mass is 516 g/mol. The van der Waals surface area contributed by atoms with Crippen molar-refractivity contribution in [3.05, 3.63) is 41.2 Å². The minimum Gasteiger partial charge on any atom is -0.474 e. The van der Waals surface area contributed by atoms with E-state index < -0.39 is 10.0 Å². The van der Waals surface area contributed by atoms with E-state index in [2.05, 4.69) is 25.3 Å². The third-order valence-electron chi connectivity index (χ3n) is 6.06. The Kier molecular flexibility index (Phi) is 6.20. The lowest BCUT2D eigenvalue weighted by atomic mass is 10.1. The maximum absolute atomic E-state index is 11.9. The summed E-state index contributed by atoms with van der Waals surface area (Å²) in [6.07, 6.45) is 3.69. The van der Waals surface area contributed by atoms with E-state index in [-0.39, 0.29) is 17.4 Å². The molecular formula is C22H25ClN8O3S. The molecule has 2 N–H and O–H groups in total. The van der Waals surface area contributed by atoms with Crippen molar-refractivity contribution in [3.63, 3.8) is 0 Å². The van der Waals surface area contributed by atoms with Crippen molar-refractivity contribution in [1.82, 2.24) is 34.2 Å². The number of benzene rings is 1. The van der Waals surface area contributed by atoms with Gasteiger partial charge in [0.25, 0.3) is 0 Å². The first-order valence-electron chi connectivity index (χ1n) is 11.2. The van der Waals surface area contributed by atoms with Gasteiger partial charge in [-0.05, 0) is 49.9 Å². The smallest absolute Gasteiger partial charge is 0.225 e. The lowest BCUT2D eigenvalue weighted by Gasteiger charge is -2.30. The highest BCUT2D eigenvalue weighted by molar-refractivity contribution is 7.88. The minimum absolute atomic E-state index is 0.143. The summed E-state index contributed by atoms with van der Waals surface area (Å²) in [4.78, 5) is 25.1. The number of anilines is 1. The lowest BCUT2D eigenvalue weighted by Crippen LogP contribution is -2.41. The summed E-state index contributed by atoms with van der Waals surface area (Å²) in [7, 11) is -3.21. The first-order valence-corrected chi connectivity index (χ1v) is 13.4. The Morgan fingerprint density at radius 2 is 1.97 bits per heavy atom. The minimum atomic E-state index is -3.21. The Labute approximate surface area is 207 Å². The summed E-state index contributed by atoms with van der Waals surface area (Å²) in [5.74, 6) is 1.56. The summed E-state index contributed by atoms with van der Waals surface area (Å²) in [6, 6.07) is 5.54. The molecule has 0 spiro atoms. The number of nitrogens with zero attached hydrogens (tertiary/aromatic N) is 6. The SMILES string of the molecule is Cc1cccc2nc([C@H](C)Nc3ncnc4nc(Cl)[nH]c34)nc(OC3CCN(S(C)(=O)=O)CC3)c12. The van der Waals surface area contributed by atoms with Gasteiger partial charge in [0.15, 0.2) is 17.3 Å². The first kappa shape index (κ1) is 23.6. The Morgan fingerprint density at radius 3 is 2.71 bits per heavy atom. The van der Waals surface area contributed by atoms with Gasteiger partial charge in [0, 0.05) is 13.1 Å². The Hall–Kier alpha value is -3.09. The number of ether oxygens (including phenoxy) is 1. The number of sulfonamides is 1. The molecule has 0 radical (unpaired) electrons. The molecule has 1 aromatic carbocycles. The highest BCUT2D eigenvalue weighted by atomic mass is 35.5. The van der Waals surface area contributed by atoms with Crippen LogP contribution in [0, 0.1) is 6.92 Å². The molecule has 0 amide bonds. The van der Waals surface area contributed by atoms with Crippen LogP contribution in [-0.2, 0) is 10.0 Å². The fourth-order valence-electron chi connectivity index (χ4n) is 4.23. The predicted octanol–water partition coefficient (Wildman–Crippen LogP) is 3.23. The quantitative estimate of drug-likeness (QED) is 0.369. The second kappa shape index (κ2) is 9.17. The van der Waals surface area contributed by atoms with Crippen LogP contribution in [0.5, 0.6) is 5.88 Å². The molecule has 0 aliphatic carbocycles. The van der Waals surface area contributed by atoms with Gasteiger partial charge >= 0.3 is 0 Å². The average molecular weight is 517 g/mol. The van der Waals surface area contributed by atoms with Gasteiger partial charge < -0.3 is 15.0 Å². The molecule has 1 fully saturated rings.